The first kappa shape index (κ1) is 17.3. The molecular weight excluding hydrogens is 390 g/mol. The van der Waals surface area contributed by atoms with Crippen LogP contribution in [0.25, 0.3) is 11.5 Å². The van der Waals surface area contributed by atoms with E-state index in [1.165, 1.54) is 4.88 Å². The van der Waals surface area contributed by atoms with E-state index in [1.54, 1.807) is 29.4 Å². The highest BCUT2D eigenvalue weighted by molar-refractivity contribution is 7.98. The minimum absolute atomic E-state index is 0.578. The largest absolute Gasteiger partial charge is 0.444 e. The van der Waals surface area contributed by atoms with Crippen LogP contribution in [0.1, 0.15) is 10.6 Å². The number of nitrogens with zero attached hydrogens (tertiary/aromatic N) is 5. The number of tetrazole rings is 1. The van der Waals surface area contributed by atoms with Gasteiger partial charge in [-0.1, -0.05) is 29.4 Å². The lowest BCUT2D eigenvalue weighted by atomic mass is 10.2. The van der Waals surface area contributed by atoms with E-state index in [0.717, 1.165) is 29.4 Å². The molecule has 4 rings (SSSR count). The Morgan fingerprint density at radius 1 is 1.19 bits per heavy atom. The lowest BCUT2D eigenvalue weighted by molar-refractivity contribution is 0.550. The molecule has 0 unspecified atom stereocenters. The van der Waals surface area contributed by atoms with Gasteiger partial charge in [0.15, 0.2) is 0 Å². The van der Waals surface area contributed by atoms with Crippen molar-refractivity contribution in [1.82, 2.24) is 25.2 Å². The summed E-state index contributed by atoms with van der Waals surface area (Å²) in [4.78, 5) is 5.84. The van der Waals surface area contributed by atoms with Gasteiger partial charge in [-0.25, -0.2) is 9.67 Å². The molecule has 0 fully saturated rings. The van der Waals surface area contributed by atoms with Crippen LogP contribution in [0, 0.1) is 0 Å². The number of benzene rings is 1. The number of rotatable bonds is 7. The predicted molar refractivity (Wildman–Crippen MR) is 102 cm³/mol. The minimum atomic E-state index is 0.578. The smallest absolute Gasteiger partial charge is 0.226 e. The molecule has 0 spiro atoms. The first-order chi connectivity index (χ1) is 12.8. The van der Waals surface area contributed by atoms with Crippen LogP contribution in [0.4, 0.5) is 0 Å². The summed E-state index contributed by atoms with van der Waals surface area (Å²) < 4.78 is 7.39. The van der Waals surface area contributed by atoms with Gasteiger partial charge in [0, 0.05) is 27.6 Å². The van der Waals surface area contributed by atoms with E-state index in [2.05, 4.69) is 38.0 Å². The van der Waals surface area contributed by atoms with Crippen LogP contribution in [0.3, 0.4) is 0 Å². The van der Waals surface area contributed by atoms with Gasteiger partial charge < -0.3 is 4.42 Å². The molecule has 0 aliphatic heterocycles. The van der Waals surface area contributed by atoms with Crippen molar-refractivity contribution in [2.75, 3.05) is 0 Å². The molecule has 6 nitrogen and oxygen atoms in total. The second kappa shape index (κ2) is 8.03. The zero-order chi connectivity index (χ0) is 17.8. The van der Waals surface area contributed by atoms with E-state index in [-0.39, 0.29) is 0 Å². The van der Waals surface area contributed by atoms with E-state index in [4.69, 9.17) is 16.0 Å². The van der Waals surface area contributed by atoms with Crippen molar-refractivity contribution in [2.45, 2.75) is 23.9 Å². The fourth-order valence-corrected chi connectivity index (χ4v) is 3.95. The van der Waals surface area contributed by atoms with Crippen molar-refractivity contribution >= 4 is 34.7 Å². The van der Waals surface area contributed by atoms with Crippen molar-refractivity contribution in [3.8, 4) is 11.5 Å². The highest BCUT2D eigenvalue weighted by Crippen LogP contribution is 2.24. The zero-order valence-electron chi connectivity index (χ0n) is 13.6. The summed E-state index contributed by atoms with van der Waals surface area (Å²) >= 11 is 9.19. The predicted octanol–water partition coefficient (Wildman–Crippen LogP) is 4.58. The molecule has 0 N–H and O–H groups in total. The Kier molecular flexibility index (Phi) is 5.33. The Labute approximate surface area is 163 Å². The van der Waals surface area contributed by atoms with Crippen LogP contribution in [0.15, 0.2) is 57.6 Å². The van der Waals surface area contributed by atoms with E-state index in [9.17, 15) is 0 Å². The molecule has 3 aromatic heterocycles. The van der Waals surface area contributed by atoms with Gasteiger partial charge in [-0.05, 0) is 46.1 Å². The lowest BCUT2D eigenvalue weighted by Gasteiger charge is -2.02. The van der Waals surface area contributed by atoms with Crippen molar-refractivity contribution in [3.63, 3.8) is 0 Å². The fourth-order valence-electron chi connectivity index (χ4n) is 2.35. The summed E-state index contributed by atoms with van der Waals surface area (Å²) in [6.07, 6.45) is 2.58. The first-order valence-electron chi connectivity index (χ1n) is 7.89. The molecule has 0 atom stereocenters. The maximum absolute atomic E-state index is 5.91. The summed E-state index contributed by atoms with van der Waals surface area (Å²) in [6.45, 7) is 0.755. The number of halogens is 1. The molecule has 1 aromatic carbocycles. The third-order valence-corrected chi connectivity index (χ3v) is 5.82. The number of oxazole rings is 1. The summed E-state index contributed by atoms with van der Waals surface area (Å²) in [7, 11) is 0. The average Bonchev–Trinajstić information content (AvgIpc) is 3.40. The number of thiophene rings is 1. The lowest BCUT2D eigenvalue weighted by Crippen LogP contribution is -2.04. The van der Waals surface area contributed by atoms with Gasteiger partial charge in [-0.2, -0.15) is 0 Å². The zero-order valence-corrected chi connectivity index (χ0v) is 16.0. The molecule has 0 radical (unpaired) electrons. The molecule has 3 heterocycles. The van der Waals surface area contributed by atoms with Gasteiger partial charge >= 0.3 is 0 Å². The monoisotopic (exact) mass is 403 g/mol. The Bertz CT molecular complexity index is 965. The van der Waals surface area contributed by atoms with Crippen LogP contribution >= 0.6 is 34.7 Å². The third kappa shape index (κ3) is 4.14. The topological polar surface area (TPSA) is 69.6 Å². The Morgan fingerprint density at radius 2 is 2.08 bits per heavy atom. The second-order valence-corrected chi connectivity index (χ2v) is 7.86. The summed E-state index contributed by atoms with van der Waals surface area (Å²) in [5.74, 6) is 1.21. The molecule has 9 heteroatoms. The van der Waals surface area contributed by atoms with Gasteiger partial charge in [0.2, 0.25) is 11.0 Å². The standard InChI is InChI=1S/C17H14ClN5OS2/c18-13-5-3-12(4-6-13)16-19-14(10-24-16)11-26-17-20-21-22-23(17)8-7-15-2-1-9-25-15/h1-6,9-10H,7-8,11H2. The van der Waals surface area contributed by atoms with E-state index in [0.29, 0.717) is 16.7 Å². The normalized spacial score (nSPS) is 11.1. The van der Waals surface area contributed by atoms with Crippen LogP contribution in [-0.2, 0) is 18.7 Å². The molecule has 4 aromatic rings. The van der Waals surface area contributed by atoms with E-state index < -0.39 is 0 Å². The van der Waals surface area contributed by atoms with Gasteiger partial charge in [-0.15, -0.1) is 16.4 Å². The number of hydrogen-bond acceptors (Lipinski definition) is 7. The maximum Gasteiger partial charge on any atom is 0.226 e. The Balaban J connectivity index is 1.37. The Morgan fingerprint density at radius 3 is 2.88 bits per heavy atom. The van der Waals surface area contributed by atoms with Gasteiger partial charge in [0.05, 0.1) is 12.2 Å². The van der Waals surface area contributed by atoms with Crippen LogP contribution in [0.5, 0.6) is 0 Å². The van der Waals surface area contributed by atoms with Gasteiger partial charge in [0.25, 0.3) is 0 Å². The van der Waals surface area contributed by atoms with Crippen LogP contribution < -0.4 is 0 Å². The summed E-state index contributed by atoms with van der Waals surface area (Å²) in [5, 5.41) is 15.5. The van der Waals surface area contributed by atoms with E-state index >= 15 is 0 Å². The van der Waals surface area contributed by atoms with Crippen molar-refractivity contribution < 1.29 is 4.42 Å². The van der Waals surface area contributed by atoms with Gasteiger partial charge in [0.1, 0.15) is 6.26 Å². The molecule has 0 aliphatic rings. The molecule has 26 heavy (non-hydrogen) atoms. The average molecular weight is 404 g/mol. The van der Waals surface area contributed by atoms with Crippen molar-refractivity contribution in [1.29, 1.82) is 0 Å². The SMILES string of the molecule is Clc1ccc(-c2nc(CSc3nnnn3CCc3cccs3)co2)cc1. The van der Waals surface area contributed by atoms with Crippen molar-refractivity contribution in [2.24, 2.45) is 0 Å². The van der Waals surface area contributed by atoms with Crippen LogP contribution in [0.2, 0.25) is 5.02 Å². The van der Waals surface area contributed by atoms with E-state index in [1.807, 2.05) is 28.9 Å². The minimum Gasteiger partial charge on any atom is -0.444 e. The molecule has 0 saturated carbocycles. The molecular formula is C17H14ClN5OS2. The second-order valence-electron chi connectivity index (χ2n) is 5.45. The molecule has 0 bridgehead atoms. The molecule has 0 saturated heterocycles. The highest BCUT2D eigenvalue weighted by atomic mass is 35.5. The van der Waals surface area contributed by atoms with Crippen LogP contribution in [-0.4, -0.2) is 25.2 Å². The molecule has 132 valence electrons. The summed E-state index contributed by atoms with van der Waals surface area (Å²) in [5.41, 5.74) is 1.74. The van der Waals surface area contributed by atoms with Crippen molar-refractivity contribution in [3.05, 3.63) is 63.6 Å². The first-order valence-corrected chi connectivity index (χ1v) is 10.1. The third-order valence-electron chi connectivity index (χ3n) is 3.64. The number of thioether (sulfide) groups is 1. The number of aryl methyl sites for hydroxylation is 2. The summed E-state index contributed by atoms with van der Waals surface area (Å²) in [6, 6.07) is 11.6. The highest BCUT2D eigenvalue weighted by Gasteiger charge is 2.11. The Hall–Kier alpha value is -2.16. The quantitative estimate of drug-likeness (QED) is 0.421. The number of aromatic nitrogens is 5. The molecule has 0 aliphatic carbocycles. The van der Waals surface area contributed by atoms with Gasteiger partial charge in [-0.3, -0.25) is 0 Å². The number of hydrogen-bond donors (Lipinski definition) is 0. The maximum atomic E-state index is 5.91. The fraction of sp³-hybridized carbons (Fsp3) is 0.176. The molecule has 0 amide bonds.